The van der Waals surface area contributed by atoms with Crippen molar-refractivity contribution < 1.29 is 0 Å². The molecule has 0 saturated heterocycles. The third-order valence-corrected chi connectivity index (χ3v) is 4.79. The van der Waals surface area contributed by atoms with Crippen LogP contribution in [0.2, 0.25) is 0 Å². The number of thiophene rings is 1. The Morgan fingerprint density at radius 1 is 1.14 bits per heavy atom. The van der Waals surface area contributed by atoms with E-state index in [2.05, 4.69) is 48.6 Å². The maximum atomic E-state index is 8.69. The van der Waals surface area contributed by atoms with Crippen LogP contribution in [0, 0.1) is 11.3 Å². The van der Waals surface area contributed by atoms with E-state index < -0.39 is 0 Å². The molecule has 1 atom stereocenters. The summed E-state index contributed by atoms with van der Waals surface area (Å²) in [6.45, 7) is 2.17. The molecule has 1 unspecified atom stereocenters. The van der Waals surface area contributed by atoms with E-state index in [0.717, 1.165) is 11.3 Å². The lowest BCUT2D eigenvalue weighted by Crippen LogP contribution is -2.04. The second kappa shape index (κ2) is 5.99. The van der Waals surface area contributed by atoms with Gasteiger partial charge in [-0.1, -0.05) is 30.3 Å². The first-order valence-electron chi connectivity index (χ1n) is 6.97. The molecule has 2 aromatic carbocycles. The zero-order valence-corrected chi connectivity index (χ0v) is 12.7. The summed E-state index contributed by atoms with van der Waals surface area (Å²) in [5.74, 6) is 0. The Labute approximate surface area is 128 Å². The molecule has 0 aliphatic rings. The summed E-state index contributed by atoms with van der Waals surface area (Å²) in [6.07, 6.45) is 0.464. The quantitative estimate of drug-likeness (QED) is 0.722. The fourth-order valence-electron chi connectivity index (χ4n) is 2.35. The van der Waals surface area contributed by atoms with Crippen LogP contribution in [0.1, 0.15) is 23.4 Å². The predicted octanol–water partition coefficient (Wildman–Crippen LogP) is 5.14. The smallest absolute Gasteiger partial charge is 0.0669 e. The normalized spacial score (nSPS) is 12.0. The fraction of sp³-hybridized carbons (Fsp3) is 0.167. The molecule has 3 aromatic rings. The van der Waals surface area contributed by atoms with Gasteiger partial charge in [-0.3, -0.25) is 0 Å². The lowest BCUT2D eigenvalue weighted by atomic mass is 10.1. The van der Waals surface area contributed by atoms with E-state index in [1.165, 1.54) is 15.0 Å². The van der Waals surface area contributed by atoms with E-state index in [9.17, 15) is 0 Å². The van der Waals surface area contributed by atoms with Crippen molar-refractivity contribution in [1.29, 1.82) is 5.26 Å². The molecule has 3 heteroatoms. The van der Waals surface area contributed by atoms with Crippen LogP contribution < -0.4 is 5.32 Å². The molecule has 0 aliphatic heterocycles. The molecule has 0 fully saturated rings. The average molecular weight is 292 g/mol. The van der Waals surface area contributed by atoms with Crippen molar-refractivity contribution in [3.63, 3.8) is 0 Å². The molecule has 2 nitrogen and oxygen atoms in total. The summed E-state index contributed by atoms with van der Waals surface area (Å²) in [5, 5.41) is 13.5. The van der Waals surface area contributed by atoms with Gasteiger partial charge in [-0.05, 0) is 42.1 Å². The minimum Gasteiger partial charge on any atom is -0.378 e. The van der Waals surface area contributed by atoms with Crippen molar-refractivity contribution in [3.8, 4) is 6.07 Å². The number of rotatable bonds is 4. The van der Waals surface area contributed by atoms with Crippen molar-refractivity contribution >= 4 is 27.1 Å². The van der Waals surface area contributed by atoms with Crippen LogP contribution in [0.25, 0.3) is 10.1 Å². The van der Waals surface area contributed by atoms with Gasteiger partial charge in [-0.15, -0.1) is 11.3 Å². The molecular formula is C18H16N2S. The van der Waals surface area contributed by atoms with Gasteiger partial charge in [0.2, 0.25) is 0 Å². The number of nitrogens with zero attached hydrogens (tertiary/aromatic N) is 1. The van der Waals surface area contributed by atoms with E-state index in [-0.39, 0.29) is 6.04 Å². The monoisotopic (exact) mass is 292 g/mol. The first-order chi connectivity index (χ1) is 10.3. The Morgan fingerprint density at radius 2 is 1.90 bits per heavy atom. The number of fused-ring (bicyclic) bond motifs is 1. The van der Waals surface area contributed by atoms with Gasteiger partial charge in [0, 0.05) is 15.3 Å². The van der Waals surface area contributed by atoms with E-state index >= 15 is 0 Å². The zero-order valence-electron chi connectivity index (χ0n) is 11.8. The Kier molecular flexibility index (Phi) is 3.89. The van der Waals surface area contributed by atoms with Gasteiger partial charge >= 0.3 is 0 Å². The molecule has 0 spiro atoms. The summed E-state index contributed by atoms with van der Waals surface area (Å²) in [7, 11) is 0. The highest BCUT2D eigenvalue weighted by molar-refractivity contribution is 7.19. The zero-order chi connectivity index (χ0) is 14.7. The predicted molar refractivity (Wildman–Crippen MR) is 89.6 cm³/mol. The number of hydrogen-bond acceptors (Lipinski definition) is 3. The minimum absolute atomic E-state index is 0.268. The highest BCUT2D eigenvalue weighted by Crippen LogP contribution is 2.31. The van der Waals surface area contributed by atoms with Crippen molar-refractivity contribution in [2.24, 2.45) is 0 Å². The van der Waals surface area contributed by atoms with Crippen molar-refractivity contribution in [2.75, 3.05) is 5.32 Å². The second-order valence-electron chi connectivity index (χ2n) is 5.08. The lowest BCUT2D eigenvalue weighted by molar-refractivity contribution is 0.909. The molecule has 0 amide bonds. The molecule has 3 rings (SSSR count). The van der Waals surface area contributed by atoms with E-state index in [0.29, 0.717) is 6.42 Å². The number of nitriles is 1. The van der Waals surface area contributed by atoms with Gasteiger partial charge in [0.25, 0.3) is 0 Å². The molecule has 0 aliphatic carbocycles. The number of nitrogens with one attached hydrogen (secondary N) is 1. The van der Waals surface area contributed by atoms with Crippen LogP contribution >= 0.6 is 11.3 Å². The number of hydrogen-bond donors (Lipinski definition) is 1. The molecule has 1 aromatic heterocycles. The lowest BCUT2D eigenvalue weighted by Gasteiger charge is -2.13. The van der Waals surface area contributed by atoms with E-state index in [1.807, 2.05) is 35.6 Å². The first kappa shape index (κ1) is 13.7. The molecule has 104 valence electrons. The Balaban J connectivity index is 1.76. The maximum Gasteiger partial charge on any atom is 0.0669 e. The van der Waals surface area contributed by atoms with Crippen molar-refractivity contribution in [3.05, 3.63) is 65.0 Å². The molecular weight excluding hydrogens is 276 g/mol. The minimum atomic E-state index is 0.268. The molecule has 0 radical (unpaired) electrons. The number of benzene rings is 2. The van der Waals surface area contributed by atoms with Gasteiger partial charge < -0.3 is 5.32 Å². The van der Waals surface area contributed by atoms with Crippen LogP contribution in [0.5, 0.6) is 0 Å². The third kappa shape index (κ3) is 3.07. The van der Waals surface area contributed by atoms with E-state index in [1.54, 1.807) is 0 Å². The average Bonchev–Trinajstić information content (AvgIpc) is 2.94. The van der Waals surface area contributed by atoms with Crippen LogP contribution in [0.15, 0.2) is 54.6 Å². The Morgan fingerprint density at radius 3 is 2.62 bits per heavy atom. The van der Waals surface area contributed by atoms with Gasteiger partial charge in [-0.2, -0.15) is 5.26 Å². The summed E-state index contributed by atoms with van der Waals surface area (Å²) in [6, 6.07) is 21.2. The Hall–Kier alpha value is -2.31. The summed E-state index contributed by atoms with van der Waals surface area (Å²) in [4.78, 5) is 1.33. The van der Waals surface area contributed by atoms with Crippen LogP contribution in [-0.4, -0.2) is 0 Å². The number of anilines is 1. The molecule has 1 N–H and O–H groups in total. The van der Waals surface area contributed by atoms with Crippen LogP contribution in [-0.2, 0) is 6.42 Å². The fourth-order valence-corrected chi connectivity index (χ4v) is 3.41. The SMILES string of the molecule is CC(Nc1ccc(CC#N)cc1)c1cc2ccccc2s1. The van der Waals surface area contributed by atoms with Crippen molar-refractivity contribution in [2.45, 2.75) is 19.4 Å². The standard InChI is InChI=1S/C18H16N2S/c1-13(18-12-15-4-2-3-5-17(15)21-18)20-16-8-6-14(7-9-16)10-11-19/h2-9,12-13,20H,10H2,1H3. The molecule has 21 heavy (non-hydrogen) atoms. The summed E-state index contributed by atoms with van der Waals surface area (Å²) >= 11 is 1.83. The Bertz CT molecular complexity index is 748. The van der Waals surface area contributed by atoms with Crippen LogP contribution in [0.3, 0.4) is 0 Å². The molecule has 1 heterocycles. The molecule has 0 bridgehead atoms. The van der Waals surface area contributed by atoms with Gasteiger partial charge in [0.1, 0.15) is 0 Å². The van der Waals surface area contributed by atoms with Crippen LogP contribution in [0.4, 0.5) is 5.69 Å². The summed E-state index contributed by atoms with van der Waals surface area (Å²) < 4.78 is 1.32. The van der Waals surface area contributed by atoms with Gasteiger partial charge in [0.15, 0.2) is 0 Å². The van der Waals surface area contributed by atoms with Gasteiger partial charge in [-0.25, -0.2) is 0 Å². The highest BCUT2D eigenvalue weighted by Gasteiger charge is 2.09. The van der Waals surface area contributed by atoms with E-state index in [4.69, 9.17) is 5.26 Å². The topological polar surface area (TPSA) is 35.8 Å². The second-order valence-corrected chi connectivity index (χ2v) is 6.20. The van der Waals surface area contributed by atoms with Crippen molar-refractivity contribution in [1.82, 2.24) is 0 Å². The largest absolute Gasteiger partial charge is 0.378 e. The third-order valence-electron chi connectivity index (χ3n) is 3.49. The summed E-state index contributed by atoms with van der Waals surface area (Å²) in [5.41, 5.74) is 2.14. The van der Waals surface area contributed by atoms with Gasteiger partial charge in [0.05, 0.1) is 18.5 Å². The first-order valence-corrected chi connectivity index (χ1v) is 7.79. The molecule has 0 saturated carbocycles. The maximum absolute atomic E-state index is 8.69. The highest BCUT2D eigenvalue weighted by atomic mass is 32.1.